The largest absolute Gasteiger partial charge is 0.454 e. The van der Waals surface area contributed by atoms with Crippen molar-refractivity contribution in [3.05, 3.63) is 54.1 Å². The van der Waals surface area contributed by atoms with Crippen LogP contribution in [0.3, 0.4) is 0 Å². The van der Waals surface area contributed by atoms with Crippen molar-refractivity contribution in [3.8, 4) is 11.5 Å². The Hall–Kier alpha value is -3.20. The second-order valence-electron chi connectivity index (χ2n) is 8.33. The standard InChI is InChI=1S/C25H29N3O5S/c1-34-14-11-20(27-24(30)17-5-3-2-4-6-17)25(31)28-12-9-18(10-13-28)23(29)26-19-7-8-21-22(15-19)33-16-32-21/h2-8,15,18,20H,9-14,16H2,1H3,(H,26,29)(H,27,30)/t20-/m1/s1. The van der Waals surface area contributed by atoms with E-state index in [2.05, 4.69) is 10.6 Å². The van der Waals surface area contributed by atoms with E-state index in [-0.39, 0.29) is 30.4 Å². The number of hydrogen-bond acceptors (Lipinski definition) is 6. The highest BCUT2D eigenvalue weighted by Crippen LogP contribution is 2.34. The zero-order valence-corrected chi connectivity index (χ0v) is 19.9. The molecule has 0 radical (unpaired) electrons. The van der Waals surface area contributed by atoms with Gasteiger partial charge in [-0.15, -0.1) is 0 Å². The Morgan fingerprint density at radius 3 is 2.53 bits per heavy atom. The van der Waals surface area contributed by atoms with Gasteiger partial charge in [0.15, 0.2) is 11.5 Å². The van der Waals surface area contributed by atoms with Gasteiger partial charge >= 0.3 is 0 Å². The number of likely N-dealkylation sites (tertiary alicyclic amines) is 1. The molecule has 0 aromatic heterocycles. The number of amides is 3. The van der Waals surface area contributed by atoms with Gasteiger partial charge in [0.1, 0.15) is 6.04 Å². The Morgan fingerprint density at radius 1 is 1.06 bits per heavy atom. The molecule has 9 heteroatoms. The summed E-state index contributed by atoms with van der Waals surface area (Å²) in [6.45, 7) is 1.15. The molecule has 180 valence electrons. The average Bonchev–Trinajstić information content (AvgIpc) is 3.34. The molecule has 2 heterocycles. The number of piperidine rings is 1. The molecule has 2 aliphatic heterocycles. The van der Waals surface area contributed by atoms with Crippen LogP contribution in [0.1, 0.15) is 29.6 Å². The SMILES string of the molecule is CSCC[C@@H](NC(=O)c1ccccc1)C(=O)N1CCC(C(=O)Nc2ccc3c(c2)OCO3)CC1. The van der Waals surface area contributed by atoms with E-state index in [0.29, 0.717) is 55.1 Å². The lowest BCUT2D eigenvalue weighted by Crippen LogP contribution is -2.51. The highest BCUT2D eigenvalue weighted by atomic mass is 32.2. The van der Waals surface area contributed by atoms with Crippen LogP contribution in [0.15, 0.2) is 48.5 Å². The Kier molecular flexibility index (Phi) is 7.95. The van der Waals surface area contributed by atoms with Crippen LogP contribution in [0.5, 0.6) is 11.5 Å². The van der Waals surface area contributed by atoms with Gasteiger partial charge in [0.05, 0.1) is 0 Å². The normalized spacial score (nSPS) is 16.1. The molecule has 4 rings (SSSR count). The van der Waals surface area contributed by atoms with E-state index >= 15 is 0 Å². The predicted octanol–water partition coefficient (Wildman–Crippen LogP) is 3.14. The summed E-state index contributed by atoms with van der Waals surface area (Å²) in [6.07, 6.45) is 3.68. The minimum absolute atomic E-state index is 0.0673. The molecular weight excluding hydrogens is 454 g/mol. The summed E-state index contributed by atoms with van der Waals surface area (Å²) in [5.41, 5.74) is 1.19. The number of benzene rings is 2. The van der Waals surface area contributed by atoms with Gasteiger partial charge in [-0.2, -0.15) is 11.8 Å². The molecule has 34 heavy (non-hydrogen) atoms. The molecule has 8 nitrogen and oxygen atoms in total. The molecule has 2 aliphatic rings. The van der Waals surface area contributed by atoms with Gasteiger partial charge in [0, 0.05) is 36.3 Å². The molecule has 3 amide bonds. The highest BCUT2D eigenvalue weighted by molar-refractivity contribution is 7.98. The van der Waals surface area contributed by atoms with Gasteiger partial charge in [0.25, 0.3) is 5.91 Å². The van der Waals surface area contributed by atoms with Gasteiger partial charge in [0.2, 0.25) is 18.6 Å². The van der Waals surface area contributed by atoms with Crippen LogP contribution in [-0.2, 0) is 9.59 Å². The first-order valence-electron chi connectivity index (χ1n) is 11.4. The van der Waals surface area contributed by atoms with Gasteiger partial charge in [-0.1, -0.05) is 18.2 Å². The lowest BCUT2D eigenvalue weighted by molar-refractivity contribution is -0.136. The average molecular weight is 484 g/mol. The molecule has 0 unspecified atom stereocenters. The summed E-state index contributed by atoms with van der Waals surface area (Å²) in [6, 6.07) is 13.6. The fraction of sp³-hybridized carbons (Fsp3) is 0.400. The van der Waals surface area contributed by atoms with Crippen molar-refractivity contribution in [1.29, 1.82) is 0 Å². The van der Waals surface area contributed by atoms with Crippen molar-refractivity contribution >= 4 is 35.2 Å². The van der Waals surface area contributed by atoms with Crippen LogP contribution >= 0.6 is 11.8 Å². The van der Waals surface area contributed by atoms with Crippen molar-refractivity contribution in [2.24, 2.45) is 5.92 Å². The molecular formula is C25H29N3O5S. The van der Waals surface area contributed by atoms with Crippen molar-refractivity contribution < 1.29 is 23.9 Å². The van der Waals surface area contributed by atoms with Gasteiger partial charge in [-0.3, -0.25) is 14.4 Å². The number of ether oxygens (including phenoxy) is 2. The summed E-state index contributed by atoms with van der Waals surface area (Å²) in [7, 11) is 0. The molecule has 0 bridgehead atoms. The van der Waals surface area contributed by atoms with Crippen molar-refractivity contribution in [2.75, 3.05) is 37.2 Å². The van der Waals surface area contributed by atoms with Crippen LogP contribution in [0.2, 0.25) is 0 Å². The van der Waals surface area contributed by atoms with E-state index in [4.69, 9.17) is 9.47 Å². The molecule has 2 aromatic carbocycles. The van der Waals surface area contributed by atoms with E-state index in [9.17, 15) is 14.4 Å². The van der Waals surface area contributed by atoms with Crippen LogP contribution < -0.4 is 20.1 Å². The molecule has 1 atom stereocenters. The maximum Gasteiger partial charge on any atom is 0.251 e. The number of fused-ring (bicyclic) bond motifs is 1. The van der Waals surface area contributed by atoms with Crippen LogP contribution in [0.4, 0.5) is 5.69 Å². The van der Waals surface area contributed by atoms with Crippen LogP contribution in [0.25, 0.3) is 0 Å². The topological polar surface area (TPSA) is 97.0 Å². The van der Waals surface area contributed by atoms with Crippen LogP contribution in [-0.4, -0.2) is 60.6 Å². The number of carbonyl (C=O) groups is 3. The molecule has 1 fully saturated rings. The highest BCUT2D eigenvalue weighted by Gasteiger charge is 2.31. The second-order valence-corrected chi connectivity index (χ2v) is 9.32. The maximum atomic E-state index is 13.2. The lowest BCUT2D eigenvalue weighted by atomic mass is 9.95. The number of rotatable bonds is 8. The van der Waals surface area contributed by atoms with E-state index < -0.39 is 6.04 Å². The first-order valence-corrected chi connectivity index (χ1v) is 12.8. The Morgan fingerprint density at radius 2 is 1.79 bits per heavy atom. The predicted molar refractivity (Wildman–Crippen MR) is 131 cm³/mol. The Balaban J connectivity index is 1.31. The minimum atomic E-state index is -0.584. The molecule has 0 saturated carbocycles. The fourth-order valence-electron chi connectivity index (χ4n) is 4.13. The quantitative estimate of drug-likeness (QED) is 0.599. The van der Waals surface area contributed by atoms with Crippen molar-refractivity contribution in [2.45, 2.75) is 25.3 Å². The molecule has 0 spiro atoms. The maximum absolute atomic E-state index is 13.2. The Bertz CT molecular complexity index is 1020. The first kappa shape index (κ1) is 23.9. The summed E-state index contributed by atoms with van der Waals surface area (Å²) in [5.74, 6) is 1.46. The third-order valence-electron chi connectivity index (χ3n) is 6.07. The van der Waals surface area contributed by atoms with Crippen molar-refractivity contribution in [1.82, 2.24) is 10.2 Å². The number of anilines is 1. The monoisotopic (exact) mass is 483 g/mol. The van der Waals surface area contributed by atoms with Gasteiger partial charge < -0.3 is 25.0 Å². The zero-order chi connectivity index (χ0) is 23.9. The lowest BCUT2D eigenvalue weighted by Gasteiger charge is -2.34. The second kappa shape index (κ2) is 11.3. The minimum Gasteiger partial charge on any atom is -0.454 e. The molecule has 1 saturated heterocycles. The fourth-order valence-corrected chi connectivity index (χ4v) is 4.60. The summed E-state index contributed by atoms with van der Waals surface area (Å²) in [5, 5.41) is 5.85. The Labute approximate surface area is 203 Å². The molecule has 2 aromatic rings. The molecule has 2 N–H and O–H groups in total. The van der Waals surface area contributed by atoms with Gasteiger partial charge in [-0.25, -0.2) is 0 Å². The summed E-state index contributed by atoms with van der Waals surface area (Å²) >= 11 is 1.64. The van der Waals surface area contributed by atoms with E-state index in [1.165, 1.54) is 0 Å². The first-order chi connectivity index (χ1) is 16.5. The smallest absolute Gasteiger partial charge is 0.251 e. The number of hydrogen-bond donors (Lipinski definition) is 2. The van der Waals surface area contributed by atoms with E-state index in [1.54, 1.807) is 59.1 Å². The third kappa shape index (κ3) is 5.83. The van der Waals surface area contributed by atoms with E-state index in [0.717, 1.165) is 5.75 Å². The summed E-state index contributed by atoms with van der Waals surface area (Å²) in [4.78, 5) is 40.4. The number of carbonyl (C=O) groups excluding carboxylic acids is 3. The van der Waals surface area contributed by atoms with E-state index in [1.807, 2.05) is 12.3 Å². The molecule has 0 aliphatic carbocycles. The van der Waals surface area contributed by atoms with Crippen molar-refractivity contribution in [3.63, 3.8) is 0 Å². The number of thioether (sulfide) groups is 1. The van der Waals surface area contributed by atoms with Gasteiger partial charge in [-0.05, 0) is 55.5 Å². The summed E-state index contributed by atoms with van der Waals surface area (Å²) < 4.78 is 10.7. The zero-order valence-electron chi connectivity index (χ0n) is 19.1. The third-order valence-corrected chi connectivity index (χ3v) is 6.71. The number of nitrogens with one attached hydrogen (secondary N) is 2. The van der Waals surface area contributed by atoms with Crippen LogP contribution in [0, 0.1) is 5.92 Å². The number of nitrogens with zero attached hydrogens (tertiary/aromatic N) is 1.